The molecule has 1 N–H and O–H groups in total. The zero-order valence-corrected chi connectivity index (χ0v) is 15.4. The largest absolute Gasteiger partial charge is 0.354 e. The number of ether oxygens (including phenoxy) is 1. The average Bonchev–Trinajstić information content (AvgIpc) is 3.04. The molecule has 2 amide bonds. The number of Topliss-reactive ketones (excluding diaryl/α,β-unsaturated/α-hetero) is 2. The summed E-state index contributed by atoms with van der Waals surface area (Å²) in [6, 6.07) is 1.36. The number of amides is 2. The van der Waals surface area contributed by atoms with Crippen LogP contribution in [0, 0.1) is 11.6 Å². The number of benzene rings is 1. The van der Waals surface area contributed by atoms with Gasteiger partial charge in [-0.1, -0.05) is 6.07 Å². The van der Waals surface area contributed by atoms with Crippen LogP contribution >= 0.6 is 0 Å². The summed E-state index contributed by atoms with van der Waals surface area (Å²) in [5, 5.41) is 2.34. The van der Waals surface area contributed by atoms with Crippen LogP contribution in [0.4, 0.5) is 8.78 Å². The van der Waals surface area contributed by atoms with Gasteiger partial charge in [-0.05, 0) is 13.0 Å². The van der Waals surface area contributed by atoms with Crippen LogP contribution in [0.2, 0.25) is 0 Å². The molecular formula is C19H17F2N3O5. The molecule has 4 rings (SSSR count). The molecule has 3 aliphatic heterocycles. The molecule has 8 nitrogen and oxygen atoms in total. The van der Waals surface area contributed by atoms with E-state index in [1.54, 1.807) is 6.92 Å². The van der Waals surface area contributed by atoms with Gasteiger partial charge in [0.05, 0.1) is 19.2 Å². The Labute approximate surface area is 164 Å². The van der Waals surface area contributed by atoms with E-state index >= 15 is 0 Å². The lowest BCUT2D eigenvalue weighted by molar-refractivity contribution is -0.159. The molecule has 0 aromatic heterocycles. The molecule has 1 aromatic rings. The monoisotopic (exact) mass is 405 g/mol. The van der Waals surface area contributed by atoms with Crippen molar-refractivity contribution >= 4 is 23.4 Å². The number of ketones is 2. The number of halogens is 2. The van der Waals surface area contributed by atoms with Gasteiger partial charge in [-0.25, -0.2) is 8.78 Å². The minimum atomic E-state index is -1.31. The molecule has 3 atom stereocenters. The molecule has 1 unspecified atom stereocenters. The Morgan fingerprint density at radius 3 is 2.76 bits per heavy atom. The second-order valence-corrected chi connectivity index (χ2v) is 7.14. The van der Waals surface area contributed by atoms with E-state index in [2.05, 4.69) is 5.32 Å². The van der Waals surface area contributed by atoms with Gasteiger partial charge in [-0.2, -0.15) is 0 Å². The second-order valence-electron chi connectivity index (χ2n) is 7.14. The van der Waals surface area contributed by atoms with Crippen LogP contribution in [0.25, 0.3) is 0 Å². The van der Waals surface area contributed by atoms with Gasteiger partial charge in [-0.3, -0.25) is 19.2 Å². The van der Waals surface area contributed by atoms with Gasteiger partial charge in [-0.15, -0.1) is 0 Å². The summed E-state index contributed by atoms with van der Waals surface area (Å²) in [5.74, 6) is -5.10. The Morgan fingerprint density at radius 2 is 2.03 bits per heavy atom. The van der Waals surface area contributed by atoms with Crippen LogP contribution < -0.4 is 5.32 Å². The number of hydrogen-bond acceptors (Lipinski definition) is 6. The van der Waals surface area contributed by atoms with E-state index in [1.807, 2.05) is 0 Å². The normalized spacial score (nSPS) is 26.2. The first-order valence-electron chi connectivity index (χ1n) is 9.00. The highest BCUT2D eigenvalue weighted by atomic mass is 19.1. The first-order valence-corrected chi connectivity index (χ1v) is 9.00. The first-order chi connectivity index (χ1) is 13.8. The summed E-state index contributed by atoms with van der Waals surface area (Å²) in [7, 11) is 0. The van der Waals surface area contributed by atoms with Gasteiger partial charge in [0, 0.05) is 24.4 Å². The van der Waals surface area contributed by atoms with Gasteiger partial charge < -0.3 is 19.9 Å². The van der Waals surface area contributed by atoms with Crippen molar-refractivity contribution < 1.29 is 32.7 Å². The number of piperazine rings is 1. The highest BCUT2D eigenvalue weighted by Crippen LogP contribution is 2.29. The number of carbonyl (C=O) groups is 4. The molecule has 0 radical (unpaired) electrons. The van der Waals surface area contributed by atoms with Crippen molar-refractivity contribution in [2.45, 2.75) is 31.8 Å². The molecule has 2 saturated heterocycles. The van der Waals surface area contributed by atoms with Crippen LogP contribution in [0.15, 0.2) is 30.0 Å². The maximum atomic E-state index is 13.7. The standard InChI is InChI=1S/C19H17F2N3O5/c1-9-8-29-14-7-23-6-12(16(25)17(26)15(23)19(28)24(9)14)18(27)22-5-10-2-3-11(20)4-13(10)21/h2-4,6,9,14-15H,5,7-8H2,1H3,(H,22,27)/t9-,14+,15?/m0/s1. The lowest BCUT2D eigenvalue weighted by Crippen LogP contribution is -2.65. The summed E-state index contributed by atoms with van der Waals surface area (Å²) in [6.07, 6.45) is 0.607. The SMILES string of the molecule is C[C@H]1CO[C@@H]2CN3C=C(C(=O)NCc4ccc(F)cc4F)C(=O)C(=O)C3C(=O)N12. The Bertz CT molecular complexity index is 963. The molecular weight excluding hydrogens is 388 g/mol. The second kappa shape index (κ2) is 7.03. The van der Waals surface area contributed by atoms with E-state index < -0.39 is 52.9 Å². The van der Waals surface area contributed by atoms with E-state index in [0.29, 0.717) is 12.7 Å². The first kappa shape index (κ1) is 19.2. The number of hydrogen-bond donors (Lipinski definition) is 1. The molecule has 1 aromatic carbocycles. The third-order valence-corrected chi connectivity index (χ3v) is 5.21. The Hall–Kier alpha value is -3.14. The van der Waals surface area contributed by atoms with Crippen molar-refractivity contribution in [1.82, 2.24) is 15.1 Å². The highest BCUT2D eigenvalue weighted by molar-refractivity contribution is 6.53. The predicted molar refractivity (Wildman–Crippen MR) is 92.8 cm³/mol. The smallest absolute Gasteiger partial charge is 0.257 e. The minimum absolute atomic E-state index is 0.0185. The summed E-state index contributed by atoms with van der Waals surface area (Å²) in [5.41, 5.74) is -0.425. The van der Waals surface area contributed by atoms with Crippen molar-refractivity contribution in [3.8, 4) is 0 Å². The van der Waals surface area contributed by atoms with Gasteiger partial charge in [0.1, 0.15) is 23.4 Å². The molecule has 3 heterocycles. The molecule has 29 heavy (non-hydrogen) atoms. The van der Waals surface area contributed by atoms with Crippen molar-refractivity contribution in [1.29, 1.82) is 0 Å². The lowest BCUT2D eigenvalue weighted by Gasteiger charge is -2.43. The van der Waals surface area contributed by atoms with Crippen molar-refractivity contribution in [2.75, 3.05) is 13.2 Å². The molecule has 152 valence electrons. The quantitative estimate of drug-likeness (QED) is 0.428. The molecule has 10 heteroatoms. The fraction of sp³-hybridized carbons (Fsp3) is 0.368. The van der Waals surface area contributed by atoms with Crippen LogP contribution in [0.1, 0.15) is 12.5 Å². The van der Waals surface area contributed by atoms with E-state index in [9.17, 15) is 28.0 Å². The van der Waals surface area contributed by atoms with Gasteiger partial charge in [0.25, 0.3) is 11.8 Å². The number of nitrogens with zero attached hydrogens (tertiary/aromatic N) is 2. The van der Waals surface area contributed by atoms with Crippen molar-refractivity contribution in [3.63, 3.8) is 0 Å². The zero-order valence-electron chi connectivity index (χ0n) is 15.4. The van der Waals surface area contributed by atoms with E-state index in [-0.39, 0.29) is 24.7 Å². The van der Waals surface area contributed by atoms with Crippen molar-refractivity contribution in [3.05, 3.63) is 47.2 Å². The summed E-state index contributed by atoms with van der Waals surface area (Å²) >= 11 is 0. The van der Waals surface area contributed by atoms with Gasteiger partial charge in [0.2, 0.25) is 11.6 Å². The average molecular weight is 405 g/mol. The molecule has 3 aliphatic rings. The molecule has 2 fully saturated rings. The van der Waals surface area contributed by atoms with Crippen LogP contribution in [-0.2, 0) is 30.5 Å². The maximum Gasteiger partial charge on any atom is 0.257 e. The summed E-state index contributed by atoms with van der Waals surface area (Å²) in [6.45, 7) is 1.94. The predicted octanol–water partition coefficient (Wildman–Crippen LogP) is -0.126. The third-order valence-electron chi connectivity index (χ3n) is 5.21. The zero-order chi connectivity index (χ0) is 20.9. The van der Waals surface area contributed by atoms with Crippen molar-refractivity contribution in [2.24, 2.45) is 0 Å². The van der Waals surface area contributed by atoms with E-state index in [1.165, 1.54) is 22.1 Å². The van der Waals surface area contributed by atoms with Gasteiger partial charge in [0.15, 0.2) is 6.04 Å². The highest BCUT2D eigenvalue weighted by Gasteiger charge is 2.52. The maximum absolute atomic E-state index is 13.7. The third kappa shape index (κ3) is 3.19. The number of nitrogens with one attached hydrogen (secondary N) is 1. The number of fused-ring (bicyclic) bond motifs is 2. The number of rotatable bonds is 3. The van der Waals surface area contributed by atoms with E-state index in [0.717, 1.165) is 6.07 Å². The lowest BCUT2D eigenvalue weighted by atomic mass is 9.93. The summed E-state index contributed by atoms with van der Waals surface area (Å²) in [4.78, 5) is 52.9. The molecule has 0 bridgehead atoms. The molecule has 0 spiro atoms. The van der Waals surface area contributed by atoms with Crippen LogP contribution in [-0.4, -0.2) is 64.6 Å². The fourth-order valence-corrected chi connectivity index (χ4v) is 3.73. The van der Waals surface area contributed by atoms with Crippen LogP contribution in [0.3, 0.4) is 0 Å². The van der Waals surface area contributed by atoms with Gasteiger partial charge >= 0.3 is 0 Å². The minimum Gasteiger partial charge on any atom is -0.354 e. The Kier molecular flexibility index (Phi) is 4.65. The summed E-state index contributed by atoms with van der Waals surface area (Å²) < 4.78 is 32.2. The fourth-order valence-electron chi connectivity index (χ4n) is 3.73. The number of carbonyl (C=O) groups excluding carboxylic acids is 4. The topological polar surface area (TPSA) is 96.0 Å². The molecule has 0 aliphatic carbocycles. The van der Waals surface area contributed by atoms with E-state index in [4.69, 9.17) is 4.74 Å². The molecule has 0 saturated carbocycles. The van der Waals surface area contributed by atoms with Crippen LogP contribution in [0.5, 0.6) is 0 Å². The Balaban J connectivity index is 1.53. The Morgan fingerprint density at radius 1 is 1.28 bits per heavy atom.